The number of carbonyl (C=O) groups excluding carboxylic acids is 2. The Labute approximate surface area is 94.2 Å². The second kappa shape index (κ2) is 4.80. The zero-order valence-corrected chi connectivity index (χ0v) is 9.19. The number of hydrogen-bond donors (Lipinski definition) is 2. The second-order valence-corrected chi connectivity index (χ2v) is 4.41. The Kier molecular flexibility index (Phi) is 3.40. The Hall–Kier alpha value is -1.14. The molecule has 0 aromatic heterocycles. The highest BCUT2D eigenvalue weighted by Gasteiger charge is 2.34. The van der Waals surface area contributed by atoms with Crippen molar-refractivity contribution in [2.75, 3.05) is 32.7 Å². The van der Waals surface area contributed by atoms with Crippen LogP contribution in [0.25, 0.3) is 0 Å². The van der Waals surface area contributed by atoms with Gasteiger partial charge in [-0.1, -0.05) is 0 Å². The SMILES string of the molecule is O=C(CN1CCN(C(=O)C2CC2)CC1)NO. The van der Waals surface area contributed by atoms with Crippen LogP contribution >= 0.6 is 0 Å². The predicted molar refractivity (Wildman–Crippen MR) is 55.7 cm³/mol. The van der Waals surface area contributed by atoms with Gasteiger partial charge in [-0.05, 0) is 12.8 Å². The maximum Gasteiger partial charge on any atom is 0.257 e. The van der Waals surface area contributed by atoms with E-state index in [9.17, 15) is 9.59 Å². The van der Waals surface area contributed by atoms with E-state index in [1.807, 2.05) is 9.80 Å². The van der Waals surface area contributed by atoms with E-state index in [2.05, 4.69) is 0 Å². The topological polar surface area (TPSA) is 72.9 Å². The van der Waals surface area contributed by atoms with Crippen LogP contribution < -0.4 is 5.48 Å². The normalized spacial score (nSPS) is 21.9. The van der Waals surface area contributed by atoms with Gasteiger partial charge in [-0.2, -0.15) is 0 Å². The zero-order valence-electron chi connectivity index (χ0n) is 9.19. The minimum atomic E-state index is -0.401. The summed E-state index contributed by atoms with van der Waals surface area (Å²) in [7, 11) is 0. The van der Waals surface area contributed by atoms with Gasteiger partial charge >= 0.3 is 0 Å². The van der Waals surface area contributed by atoms with E-state index in [0.29, 0.717) is 26.2 Å². The molecule has 1 aliphatic carbocycles. The van der Waals surface area contributed by atoms with Crippen molar-refractivity contribution in [2.24, 2.45) is 5.92 Å². The molecule has 1 aliphatic heterocycles. The fourth-order valence-corrected chi connectivity index (χ4v) is 1.95. The van der Waals surface area contributed by atoms with E-state index in [-0.39, 0.29) is 18.4 Å². The summed E-state index contributed by atoms with van der Waals surface area (Å²) in [6.07, 6.45) is 2.07. The first-order chi connectivity index (χ1) is 7.70. The van der Waals surface area contributed by atoms with Gasteiger partial charge in [-0.15, -0.1) is 0 Å². The first-order valence-corrected chi connectivity index (χ1v) is 5.65. The highest BCUT2D eigenvalue weighted by Crippen LogP contribution is 2.31. The maximum absolute atomic E-state index is 11.7. The van der Waals surface area contributed by atoms with E-state index in [1.165, 1.54) is 0 Å². The van der Waals surface area contributed by atoms with Crippen LogP contribution in [0.1, 0.15) is 12.8 Å². The zero-order chi connectivity index (χ0) is 11.5. The second-order valence-electron chi connectivity index (χ2n) is 4.41. The van der Waals surface area contributed by atoms with Crippen molar-refractivity contribution in [3.8, 4) is 0 Å². The molecule has 0 bridgehead atoms. The van der Waals surface area contributed by atoms with Crippen molar-refractivity contribution in [3.63, 3.8) is 0 Å². The molecule has 1 saturated heterocycles. The van der Waals surface area contributed by atoms with Crippen LogP contribution in [0, 0.1) is 5.92 Å². The van der Waals surface area contributed by atoms with Gasteiger partial charge in [0.15, 0.2) is 0 Å². The molecule has 0 radical (unpaired) electrons. The van der Waals surface area contributed by atoms with Gasteiger partial charge in [0, 0.05) is 32.1 Å². The number of nitrogens with one attached hydrogen (secondary N) is 1. The highest BCUT2D eigenvalue weighted by atomic mass is 16.5. The first-order valence-electron chi connectivity index (χ1n) is 5.65. The van der Waals surface area contributed by atoms with E-state index < -0.39 is 5.91 Å². The molecule has 90 valence electrons. The van der Waals surface area contributed by atoms with Crippen LogP contribution in [0.15, 0.2) is 0 Å². The van der Waals surface area contributed by atoms with E-state index >= 15 is 0 Å². The summed E-state index contributed by atoms with van der Waals surface area (Å²) in [6.45, 7) is 2.97. The van der Waals surface area contributed by atoms with Crippen molar-refractivity contribution < 1.29 is 14.8 Å². The quantitative estimate of drug-likeness (QED) is 0.481. The van der Waals surface area contributed by atoms with Gasteiger partial charge < -0.3 is 4.90 Å². The highest BCUT2D eigenvalue weighted by molar-refractivity contribution is 5.81. The number of rotatable bonds is 3. The average molecular weight is 227 g/mol. The van der Waals surface area contributed by atoms with Crippen molar-refractivity contribution in [2.45, 2.75) is 12.8 Å². The predicted octanol–water partition coefficient (Wildman–Crippen LogP) is -0.954. The molecule has 0 atom stereocenters. The number of nitrogens with zero attached hydrogens (tertiary/aromatic N) is 2. The number of amides is 2. The molecule has 1 saturated carbocycles. The molecule has 2 fully saturated rings. The van der Waals surface area contributed by atoms with E-state index in [4.69, 9.17) is 5.21 Å². The number of piperazine rings is 1. The van der Waals surface area contributed by atoms with Gasteiger partial charge in [-0.3, -0.25) is 19.7 Å². The third-order valence-corrected chi connectivity index (χ3v) is 3.10. The van der Waals surface area contributed by atoms with Gasteiger partial charge in [0.05, 0.1) is 6.54 Å². The van der Waals surface area contributed by atoms with Crippen LogP contribution in [-0.2, 0) is 9.59 Å². The fraction of sp³-hybridized carbons (Fsp3) is 0.800. The lowest BCUT2D eigenvalue weighted by molar-refractivity contribution is -0.135. The molecular formula is C10H17N3O3. The molecule has 2 aliphatic rings. The molecule has 0 aromatic rings. The minimum Gasteiger partial charge on any atom is -0.340 e. The Morgan fingerprint density at radius 3 is 2.31 bits per heavy atom. The van der Waals surface area contributed by atoms with Gasteiger partial charge in [-0.25, -0.2) is 5.48 Å². The van der Waals surface area contributed by atoms with Crippen LogP contribution in [0.4, 0.5) is 0 Å². The van der Waals surface area contributed by atoms with Crippen LogP contribution in [0.5, 0.6) is 0 Å². The third-order valence-electron chi connectivity index (χ3n) is 3.10. The standard InChI is InChI=1S/C10H17N3O3/c14-9(11-16)7-12-3-5-13(6-4-12)10(15)8-1-2-8/h8,16H,1-7H2,(H,11,14). The Bertz CT molecular complexity index is 283. The van der Waals surface area contributed by atoms with Crippen molar-refractivity contribution in [3.05, 3.63) is 0 Å². The summed E-state index contributed by atoms with van der Waals surface area (Å²) < 4.78 is 0. The monoisotopic (exact) mass is 227 g/mol. The van der Waals surface area contributed by atoms with Crippen LogP contribution in [0.3, 0.4) is 0 Å². The van der Waals surface area contributed by atoms with Gasteiger partial charge in [0.25, 0.3) is 5.91 Å². The third kappa shape index (κ3) is 2.70. The molecular weight excluding hydrogens is 210 g/mol. The summed E-state index contributed by atoms with van der Waals surface area (Å²) >= 11 is 0. The Balaban J connectivity index is 1.73. The lowest BCUT2D eigenvalue weighted by Gasteiger charge is -2.34. The molecule has 0 unspecified atom stereocenters. The number of carbonyl (C=O) groups is 2. The maximum atomic E-state index is 11.7. The Morgan fingerprint density at radius 1 is 1.19 bits per heavy atom. The molecule has 2 N–H and O–H groups in total. The van der Waals surface area contributed by atoms with E-state index in [0.717, 1.165) is 12.8 Å². The largest absolute Gasteiger partial charge is 0.340 e. The fourth-order valence-electron chi connectivity index (χ4n) is 1.95. The lowest BCUT2D eigenvalue weighted by atomic mass is 10.2. The van der Waals surface area contributed by atoms with Gasteiger partial charge in [0.1, 0.15) is 0 Å². The van der Waals surface area contributed by atoms with Crippen molar-refractivity contribution >= 4 is 11.8 Å². The molecule has 2 amide bonds. The molecule has 6 nitrogen and oxygen atoms in total. The molecule has 6 heteroatoms. The summed E-state index contributed by atoms with van der Waals surface area (Å²) in [5.41, 5.74) is 1.61. The van der Waals surface area contributed by atoms with E-state index in [1.54, 1.807) is 5.48 Å². The lowest BCUT2D eigenvalue weighted by Crippen LogP contribution is -2.51. The van der Waals surface area contributed by atoms with Crippen molar-refractivity contribution in [1.29, 1.82) is 0 Å². The van der Waals surface area contributed by atoms with Gasteiger partial charge in [0.2, 0.25) is 5.91 Å². The molecule has 16 heavy (non-hydrogen) atoms. The van der Waals surface area contributed by atoms with Crippen molar-refractivity contribution in [1.82, 2.24) is 15.3 Å². The average Bonchev–Trinajstić information content (AvgIpc) is 3.13. The summed E-state index contributed by atoms with van der Waals surface area (Å²) in [5, 5.41) is 8.40. The van der Waals surface area contributed by atoms with Crippen LogP contribution in [-0.4, -0.2) is 59.5 Å². The summed E-state index contributed by atoms with van der Waals surface area (Å²) in [5.74, 6) is 0.139. The summed E-state index contributed by atoms with van der Waals surface area (Å²) in [4.78, 5) is 26.5. The molecule has 0 aromatic carbocycles. The van der Waals surface area contributed by atoms with Crippen LogP contribution in [0.2, 0.25) is 0 Å². The molecule has 2 rings (SSSR count). The molecule has 0 spiro atoms. The molecule has 1 heterocycles. The Morgan fingerprint density at radius 2 is 1.81 bits per heavy atom. The smallest absolute Gasteiger partial charge is 0.257 e. The first kappa shape index (κ1) is 11.3. The summed E-state index contributed by atoms with van der Waals surface area (Å²) in [6, 6.07) is 0. The number of hydrogen-bond acceptors (Lipinski definition) is 4. The number of hydroxylamine groups is 1. The minimum absolute atomic E-state index is 0.196.